The number of carbonyl (C=O) groups is 1. The Kier molecular flexibility index (Phi) is 2.59. The van der Waals surface area contributed by atoms with Gasteiger partial charge in [-0.15, -0.1) is 10.2 Å². The summed E-state index contributed by atoms with van der Waals surface area (Å²) in [4.78, 5) is 26.8. The van der Waals surface area contributed by atoms with Gasteiger partial charge in [0.1, 0.15) is 11.8 Å². The highest BCUT2D eigenvalue weighted by molar-refractivity contribution is 6.02. The molecule has 96 valence electrons. The number of fused-ring (bicyclic) bond motifs is 1. The first-order valence-corrected chi connectivity index (χ1v) is 5.44. The van der Waals surface area contributed by atoms with E-state index in [9.17, 15) is 4.79 Å². The van der Waals surface area contributed by atoms with Crippen molar-refractivity contribution in [2.75, 3.05) is 0 Å². The molecule has 19 heavy (non-hydrogen) atoms. The number of imidazole rings is 1. The molecule has 0 bridgehead atoms. The number of tetrazole rings is 1. The van der Waals surface area contributed by atoms with Gasteiger partial charge in [-0.3, -0.25) is 4.79 Å². The monoisotopic (exact) mass is 259 g/mol. The van der Waals surface area contributed by atoms with Crippen LogP contribution in [0.1, 0.15) is 29.3 Å². The maximum Gasteiger partial charge on any atom is 0.272 e. The van der Waals surface area contributed by atoms with Gasteiger partial charge in [-0.05, 0) is 6.92 Å². The lowest BCUT2D eigenvalue weighted by molar-refractivity contribution is 0.0935. The number of aromatic nitrogens is 8. The van der Waals surface area contributed by atoms with E-state index in [1.807, 2.05) is 0 Å². The van der Waals surface area contributed by atoms with Gasteiger partial charge in [-0.2, -0.15) is 5.21 Å². The van der Waals surface area contributed by atoms with E-state index in [0.29, 0.717) is 17.0 Å². The van der Waals surface area contributed by atoms with Crippen molar-refractivity contribution in [1.82, 2.24) is 45.9 Å². The Morgan fingerprint density at radius 3 is 3.05 bits per heavy atom. The first-order chi connectivity index (χ1) is 9.25. The van der Waals surface area contributed by atoms with E-state index in [1.165, 1.54) is 12.7 Å². The molecule has 0 radical (unpaired) electrons. The smallest absolute Gasteiger partial charge is 0.272 e. The van der Waals surface area contributed by atoms with Gasteiger partial charge in [-0.1, -0.05) is 5.21 Å². The summed E-state index contributed by atoms with van der Waals surface area (Å²) < 4.78 is 0. The molecular formula is C9H9N9O. The van der Waals surface area contributed by atoms with Gasteiger partial charge >= 0.3 is 0 Å². The van der Waals surface area contributed by atoms with Crippen LogP contribution in [-0.2, 0) is 0 Å². The van der Waals surface area contributed by atoms with E-state index in [4.69, 9.17) is 0 Å². The summed E-state index contributed by atoms with van der Waals surface area (Å²) in [6.07, 6.45) is 2.75. The van der Waals surface area contributed by atoms with Crippen molar-refractivity contribution in [2.24, 2.45) is 0 Å². The van der Waals surface area contributed by atoms with Gasteiger partial charge in [0, 0.05) is 0 Å². The fourth-order valence-corrected chi connectivity index (χ4v) is 1.62. The second kappa shape index (κ2) is 4.40. The fraction of sp³-hybridized carbons (Fsp3) is 0.222. The first kappa shape index (κ1) is 11.2. The maximum absolute atomic E-state index is 12.1. The highest BCUT2D eigenvalue weighted by Gasteiger charge is 2.18. The van der Waals surface area contributed by atoms with Crippen molar-refractivity contribution >= 4 is 17.1 Å². The highest BCUT2D eigenvalue weighted by atomic mass is 16.2. The number of amides is 1. The number of carbonyl (C=O) groups excluding carboxylic acids is 1. The quantitative estimate of drug-likeness (QED) is 0.568. The van der Waals surface area contributed by atoms with Crippen molar-refractivity contribution in [1.29, 1.82) is 0 Å². The summed E-state index contributed by atoms with van der Waals surface area (Å²) in [5.41, 5.74) is 1.14. The molecule has 0 aliphatic carbocycles. The van der Waals surface area contributed by atoms with E-state index in [1.54, 1.807) is 6.92 Å². The van der Waals surface area contributed by atoms with Gasteiger partial charge in [0.05, 0.1) is 12.4 Å². The molecule has 3 rings (SSSR count). The molecule has 0 aliphatic heterocycles. The number of H-pyrrole nitrogens is 2. The molecule has 0 aliphatic rings. The summed E-state index contributed by atoms with van der Waals surface area (Å²) >= 11 is 0. The lowest BCUT2D eigenvalue weighted by Crippen LogP contribution is -2.28. The Bertz CT molecular complexity index is 703. The zero-order valence-corrected chi connectivity index (χ0v) is 9.82. The Morgan fingerprint density at radius 2 is 2.26 bits per heavy atom. The molecule has 3 aromatic rings. The van der Waals surface area contributed by atoms with Crippen molar-refractivity contribution < 1.29 is 4.79 Å². The summed E-state index contributed by atoms with van der Waals surface area (Å²) in [6.45, 7) is 1.74. The number of rotatable bonds is 3. The summed E-state index contributed by atoms with van der Waals surface area (Å²) in [5, 5.41) is 16.1. The Balaban J connectivity index is 1.86. The van der Waals surface area contributed by atoms with E-state index in [-0.39, 0.29) is 17.6 Å². The van der Waals surface area contributed by atoms with Crippen LogP contribution in [0, 0.1) is 0 Å². The largest absolute Gasteiger partial charge is 0.341 e. The van der Waals surface area contributed by atoms with Crippen molar-refractivity contribution in [2.45, 2.75) is 13.0 Å². The third-order valence-electron chi connectivity index (χ3n) is 2.53. The molecule has 0 saturated heterocycles. The van der Waals surface area contributed by atoms with Crippen molar-refractivity contribution in [3.05, 3.63) is 24.2 Å². The molecule has 0 aromatic carbocycles. The lowest BCUT2D eigenvalue weighted by atomic mass is 10.3. The van der Waals surface area contributed by atoms with Crippen LogP contribution in [0.3, 0.4) is 0 Å². The van der Waals surface area contributed by atoms with Gasteiger partial charge in [-0.25, -0.2) is 15.0 Å². The second-order valence-electron chi connectivity index (χ2n) is 3.79. The molecule has 0 spiro atoms. The van der Waals surface area contributed by atoms with E-state index in [0.717, 1.165) is 0 Å². The summed E-state index contributed by atoms with van der Waals surface area (Å²) in [6, 6.07) is -0.390. The Morgan fingerprint density at radius 1 is 1.37 bits per heavy atom. The van der Waals surface area contributed by atoms with Gasteiger partial charge < -0.3 is 10.3 Å². The van der Waals surface area contributed by atoms with Gasteiger partial charge in [0.15, 0.2) is 17.2 Å². The van der Waals surface area contributed by atoms with Crippen LogP contribution in [0.2, 0.25) is 0 Å². The van der Waals surface area contributed by atoms with Gasteiger partial charge in [0.25, 0.3) is 5.91 Å². The second-order valence-corrected chi connectivity index (χ2v) is 3.79. The van der Waals surface area contributed by atoms with E-state index in [2.05, 4.69) is 45.9 Å². The minimum absolute atomic E-state index is 0.220. The molecule has 3 aromatic heterocycles. The number of nitrogens with zero attached hydrogens (tertiary/aromatic N) is 6. The predicted octanol–water partition coefficient (Wildman–Crippen LogP) is -0.643. The normalized spacial score (nSPS) is 12.5. The molecule has 10 nitrogen and oxygen atoms in total. The first-order valence-electron chi connectivity index (χ1n) is 5.44. The zero-order chi connectivity index (χ0) is 13.2. The third-order valence-corrected chi connectivity index (χ3v) is 2.53. The van der Waals surface area contributed by atoms with Gasteiger partial charge in [0.2, 0.25) is 0 Å². The van der Waals surface area contributed by atoms with Crippen LogP contribution in [0.25, 0.3) is 11.2 Å². The van der Waals surface area contributed by atoms with E-state index >= 15 is 0 Å². The minimum atomic E-state index is -0.390. The summed E-state index contributed by atoms with van der Waals surface area (Å²) in [5.74, 6) is 0.0252. The number of hydrogen-bond donors (Lipinski definition) is 3. The van der Waals surface area contributed by atoms with Crippen LogP contribution < -0.4 is 5.32 Å². The highest BCUT2D eigenvalue weighted by Crippen LogP contribution is 2.11. The third kappa shape index (κ3) is 1.99. The minimum Gasteiger partial charge on any atom is -0.341 e. The SMILES string of the molecule is CC(NC(=O)c1ncnc2nc[nH]c12)c1nn[nH]n1. The van der Waals surface area contributed by atoms with Crippen LogP contribution in [0.5, 0.6) is 0 Å². The molecule has 10 heteroatoms. The standard InChI is InChI=1S/C9H9N9O/c1-4(7-15-17-18-16-7)14-9(19)6-5-8(12-2-10-5)13-3-11-6/h2-4H,1H3,(H,14,19)(H,10,11,12,13)(H,15,16,17,18). The average molecular weight is 259 g/mol. The van der Waals surface area contributed by atoms with Crippen molar-refractivity contribution in [3.8, 4) is 0 Å². The van der Waals surface area contributed by atoms with Crippen LogP contribution in [0.4, 0.5) is 0 Å². The van der Waals surface area contributed by atoms with Crippen LogP contribution in [0.15, 0.2) is 12.7 Å². The lowest BCUT2D eigenvalue weighted by Gasteiger charge is -2.09. The van der Waals surface area contributed by atoms with E-state index < -0.39 is 0 Å². The number of hydrogen-bond acceptors (Lipinski definition) is 7. The van der Waals surface area contributed by atoms with Crippen molar-refractivity contribution in [3.63, 3.8) is 0 Å². The molecular weight excluding hydrogens is 250 g/mol. The predicted molar refractivity (Wildman–Crippen MR) is 61.7 cm³/mol. The molecule has 0 fully saturated rings. The Hall–Kier alpha value is -2.91. The maximum atomic E-state index is 12.1. The number of aromatic amines is 2. The van der Waals surface area contributed by atoms with Crippen LogP contribution in [-0.4, -0.2) is 46.5 Å². The molecule has 3 N–H and O–H groups in total. The molecule has 3 heterocycles. The molecule has 1 unspecified atom stereocenters. The van der Waals surface area contributed by atoms with Crippen LogP contribution >= 0.6 is 0 Å². The molecule has 1 amide bonds. The Labute approximate surface area is 106 Å². The molecule has 1 atom stereocenters. The fourth-order valence-electron chi connectivity index (χ4n) is 1.62. The average Bonchev–Trinajstić information content (AvgIpc) is 3.08. The molecule has 0 saturated carbocycles. The zero-order valence-electron chi connectivity index (χ0n) is 9.82. The summed E-state index contributed by atoms with van der Waals surface area (Å²) in [7, 11) is 0. The number of nitrogens with one attached hydrogen (secondary N) is 3. The topological polar surface area (TPSA) is 138 Å².